The van der Waals surface area contributed by atoms with Crippen molar-refractivity contribution in [1.29, 1.82) is 15.8 Å². The number of hydrogen-bond donors (Lipinski definition) is 2. The number of nitrogens with zero attached hydrogens (tertiary/aromatic N) is 4. The van der Waals surface area contributed by atoms with Crippen LogP contribution in [0.2, 0.25) is 0 Å². The first kappa shape index (κ1) is 23.4. The summed E-state index contributed by atoms with van der Waals surface area (Å²) in [6.45, 7) is -0.0366. The monoisotopic (exact) mass is 430 g/mol. The third-order valence-corrected chi connectivity index (χ3v) is 4.36. The summed E-state index contributed by atoms with van der Waals surface area (Å²) in [6.07, 6.45) is 0. The fraction of sp³-hybridized carbons (Fsp3) is 0.190. The molecule has 0 aliphatic heterocycles. The summed E-state index contributed by atoms with van der Waals surface area (Å²) in [4.78, 5) is 1.60. The van der Waals surface area contributed by atoms with E-state index in [2.05, 4.69) is 0 Å². The summed E-state index contributed by atoms with van der Waals surface area (Å²) in [5.74, 6) is -7.76. The zero-order valence-corrected chi connectivity index (χ0v) is 15.8. The van der Waals surface area contributed by atoms with E-state index >= 15 is 0 Å². The number of nitriles is 3. The number of halogens is 4. The van der Waals surface area contributed by atoms with Crippen LogP contribution in [-0.2, 0) is 0 Å². The summed E-state index contributed by atoms with van der Waals surface area (Å²) in [5.41, 5.74) is -1.42. The van der Waals surface area contributed by atoms with Crippen LogP contribution >= 0.6 is 0 Å². The van der Waals surface area contributed by atoms with Gasteiger partial charge in [0, 0.05) is 18.8 Å². The van der Waals surface area contributed by atoms with E-state index in [4.69, 9.17) is 20.7 Å². The van der Waals surface area contributed by atoms with Crippen molar-refractivity contribution in [3.8, 4) is 18.2 Å². The van der Waals surface area contributed by atoms with E-state index < -0.39 is 44.9 Å². The van der Waals surface area contributed by atoms with Crippen molar-refractivity contribution in [3.05, 3.63) is 63.5 Å². The van der Waals surface area contributed by atoms with Crippen molar-refractivity contribution in [3.63, 3.8) is 0 Å². The van der Waals surface area contributed by atoms with Crippen molar-refractivity contribution in [2.45, 2.75) is 0 Å². The van der Waals surface area contributed by atoms with E-state index in [1.807, 2.05) is 0 Å². The molecule has 2 aromatic carbocycles. The van der Waals surface area contributed by atoms with E-state index in [1.165, 1.54) is 42.5 Å². The zero-order chi connectivity index (χ0) is 23.1. The third-order valence-electron chi connectivity index (χ3n) is 4.36. The number of benzene rings is 2. The Hall–Kier alpha value is -3.91. The van der Waals surface area contributed by atoms with Crippen LogP contribution in [0, 0.1) is 57.3 Å². The number of anilines is 1. The number of hydrogen-bond acceptors (Lipinski definition) is 6. The maximum atomic E-state index is 14.6. The van der Waals surface area contributed by atoms with Gasteiger partial charge in [-0.25, -0.2) is 17.6 Å². The van der Waals surface area contributed by atoms with Gasteiger partial charge in [-0.3, -0.25) is 0 Å². The molecule has 0 aliphatic carbocycles. The highest BCUT2D eigenvalue weighted by Gasteiger charge is 2.23. The van der Waals surface area contributed by atoms with Gasteiger partial charge in [0.25, 0.3) is 0 Å². The van der Waals surface area contributed by atoms with Gasteiger partial charge in [-0.2, -0.15) is 15.8 Å². The number of aliphatic hydroxyl groups is 2. The molecule has 0 amide bonds. The Morgan fingerprint density at radius 1 is 0.742 bits per heavy atom. The average Bonchev–Trinajstić information content (AvgIpc) is 2.78. The average molecular weight is 430 g/mol. The predicted octanol–water partition coefficient (Wildman–Crippen LogP) is 0.954. The van der Waals surface area contributed by atoms with Gasteiger partial charge >= 0.3 is 0 Å². The SMILES string of the molecule is N#CC(C#N)=c1c(F)c(F)c(=C(C#N)c2ccc(N(CCO)CCO)cc2)c(F)c1F. The summed E-state index contributed by atoms with van der Waals surface area (Å²) < 4.78 is 58.0. The molecule has 0 fully saturated rings. The molecular formula is C21H14F4N4O2. The highest BCUT2D eigenvalue weighted by molar-refractivity contribution is 5.78. The quantitative estimate of drug-likeness (QED) is 0.521. The van der Waals surface area contributed by atoms with E-state index in [0.29, 0.717) is 5.69 Å². The summed E-state index contributed by atoms with van der Waals surface area (Å²) in [5, 5.41) is 42.5. The van der Waals surface area contributed by atoms with Crippen LogP contribution in [-0.4, -0.2) is 36.5 Å². The fourth-order valence-electron chi connectivity index (χ4n) is 2.92. The van der Waals surface area contributed by atoms with Crippen molar-refractivity contribution in [2.75, 3.05) is 31.2 Å². The second-order valence-electron chi connectivity index (χ2n) is 6.07. The topological polar surface area (TPSA) is 115 Å². The minimum absolute atomic E-state index is 0.0617. The molecule has 2 rings (SSSR count). The highest BCUT2D eigenvalue weighted by atomic mass is 19.2. The molecule has 0 unspecified atom stereocenters. The largest absolute Gasteiger partial charge is 0.395 e. The summed E-state index contributed by atoms with van der Waals surface area (Å²) in [6, 6.07) is 9.28. The zero-order valence-electron chi connectivity index (χ0n) is 15.8. The first-order chi connectivity index (χ1) is 14.9. The Labute approximate surface area is 174 Å². The maximum absolute atomic E-state index is 14.6. The number of rotatable bonds is 6. The lowest BCUT2D eigenvalue weighted by atomic mass is 10.0. The lowest BCUT2D eigenvalue weighted by molar-refractivity contribution is 0.281. The Balaban J connectivity index is 2.81. The Morgan fingerprint density at radius 3 is 1.58 bits per heavy atom. The minimum Gasteiger partial charge on any atom is -0.395 e. The molecule has 10 heteroatoms. The van der Waals surface area contributed by atoms with Crippen molar-refractivity contribution < 1.29 is 27.8 Å². The van der Waals surface area contributed by atoms with Gasteiger partial charge in [0.1, 0.15) is 23.8 Å². The van der Waals surface area contributed by atoms with Crippen LogP contribution in [0.5, 0.6) is 0 Å². The maximum Gasteiger partial charge on any atom is 0.171 e. The molecule has 158 valence electrons. The van der Waals surface area contributed by atoms with Crippen molar-refractivity contribution in [1.82, 2.24) is 0 Å². The molecule has 0 radical (unpaired) electrons. The van der Waals surface area contributed by atoms with Gasteiger partial charge in [0.15, 0.2) is 23.3 Å². The van der Waals surface area contributed by atoms with Gasteiger partial charge in [-0.05, 0) is 17.7 Å². The van der Waals surface area contributed by atoms with Crippen molar-refractivity contribution >= 4 is 16.8 Å². The van der Waals surface area contributed by atoms with Gasteiger partial charge in [0.2, 0.25) is 0 Å². The molecule has 0 aromatic heterocycles. The normalized spacial score (nSPS) is 10.0. The summed E-state index contributed by atoms with van der Waals surface area (Å²) >= 11 is 0. The van der Waals surface area contributed by atoms with Crippen molar-refractivity contribution in [2.24, 2.45) is 0 Å². The van der Waals surface area contributed by atoms with Gasteiger partial charge in [-0.1, -0.05) is 12.1 Å². The molecular weight excluding hydrogens is 416 g/mol. The molecule has 0 aliphatic rings. The van der Waals surface area contributed by atoms with E-state index in [9.17, 15) is 22.8 Å². The van der Waals surface area contributed by atoms with E-state index in [-0.39, 0.29) is 31.9 Å². The third kappa shape index (κ3) is 4.49. The molecule has 0 heterocycles. The molecule has 0 saturated heterocycles. The fourth-order valence-corrected chi connectivity index (χ4v) is 2.92. The lowest BCUT2D eigenvalue weighted by Crippen LogP contribution is -2.31. The summed E-state index contributed by atoms with van der Waals surface area (Å²) in [7, 11) is 0. The molecule has 0 bridgehead atoms. The molecule has 0 saturated carbocycles. The van der Waals surface area contributed by atoms with Crippen LogP contribution in [0.4, 0.5) is 23.2 Å². The Morgan fingerprint density at radius 2 is 1.19 bits per heavy atom. The molecule has 6 nitrogen and oxygen atoms in total. The molecule has 0 spiro atoms. The van der Waals surface area contributed by atoms with Gasteiger partial charge in [-0.15, -0.1) is 0 Å². The van der Waals surface area contributed by atoms with Gasteiger partial charge < -0.3 is 15.1 Å². The second kappa shape index (κ2) is 10.2. The van der Waals surface area contributed by atoms with Crippen LogP contribution < -0.4 is 15.3 Å². The molecule has 2 N–H and O–H groups in total. The molecule has 31 heavy (non-hydrogen) atoms. The van der Waals surface area contributed by atoms with Gasteiger partial charge in [0.05, 0.1) is 29.2 Å². The first-order valence-electron chi connectivity index (χ1n) is 8.74. The highest BCUT2D eigenvalue weighted by Crippen LogP contribution is 2.19. The van der Waals surface area contributed by atoms with Crippen LogP contribution in [0.3, 0.4) is 0 Å². The van der Waals surface area contributed by atoms with Crippen LogP contribution in [0.25, 0.3) is 11.1 Å². The minimum atomic E-state index is -1.96. The number of aliphatic hydroxyl groups excluding tert-OH is 2. The first-order valence-corrected chi connectivity index (χ1v) is 8.74. The van der Waals surface area contributed by atoms with E-state index in [1.54, 1.807) is 4.90 Å². The molecule has 2 aromatic rings. The predicted molar refractivity (Wildman–Crippen MR) is 101 cm³/mol. The second-order valence-corrected chi connectivity index (χ2v) is 6.07. The lowest BCUT2D eigenvalue weighted by Gasteiger charge is -2.23. The van der Waals surface area contributed by atoms with E-state index in [0.717, 1.165) is 0 Å². The molecule has 0 atom stereocenters. The smallest absolute Gasteiger partial charge is 0.171 e. The standard InChI is InChI=1S/C21H14F4N4O2/c22-18-16(13(9-26)10-27)19(23)21(25)17(20(18)24)15(11-28)12-1-3-14(4-2-12)29(5-7-30)6-8-31/h1-4,30-31H,5-8H2. The Bertz CT molecular complexity index is 1180. The Kier molecular flexibility index (Phi) is 7.70. The van der Waals surface area contributed by atoms with Crippen LogP contribution in [0.15, 0.2) is 24.3 Å². The van der Waals surface area contributed by atoms with Crippen LogP contribution in [0.1, 0.15) is 5.56 Å².